The Kier molecular flexibility index (Phi) is 5.59. The quantitative estimate of drug-likeness (QED) is 0.851. The zero-order valence-corrected chi connectivity index (χ0v) is 13.0. The van der Waals surface area contributed by atoms with Crippen molar-refractivity contribution in [2.45, 2.75) is 33.4 Å². The van der Waals surface area contributed by atoms with E-state index in [-0.39, 0.29) is 0 Å². The van der Waals surface area contributed by atoms with Crippen molar-refractivity contribution in [2.75, 3.05) is 20.6 Å². The highest BCUT2D eigenvalue weighted by molar-refractivity contribution is 5.34. The summed E-state index contributed by atoms with van der Waals surface area (Å²) in [7, 11) is 6.13. The minimum absolute atomic E-state index is 0.458. The van der Waals surface area contributed by atoms with Crippen molar-refractivity contribution in [3.8, 4) is 6.07 Å². The standard InChI is InChI=1S/C15H26N4/c1-11(2)15(10-18(4)5)17-9-13-7-14(8-16)19(6)12(13)3/h7,11,15,17H,9-10H2,1-6H3. The molecule has 1 N–H and O–H groups in total. The van der Waals surface area contributed by atoms with Crippen LogP contribution in [0, 0.1) is 24.2 Å². The number of nitriles is 1. The molecule has 0 aromatic carbocycles. The smallest absolute Gasteiger partial charge is 0.120 e. The third-order valence-electron chi connectivity index (χ3n) is 3.68. The van der Waals surface area contributed by atoms with E-state index in [0.717, 1.165) is 24.5 Å². The molecule has 0 amide bonds. The average molecular weight is 262 g/mol. The molecule has 0 radical (unpaired) electrons. The maximum absolute atomic E-state index is 9.04. The summed E-state index contributed by atoms with van der Waals surface area (Å²) in [5.74, 6) is 0.585. The van der Waals surface area contributed by atoms with Crippen molar-refractivity contribution in [1.29, 1.82) is 5.26 Å². The van der Waals surface area contributed by atoms with E-state index < -0.39 is 0 Å². The van der Waals surface area contributed by atoms with Gasteiger partial charge in [0.15, 0.2) is 0 Å². The van der Waals surface area contributed by atoms with Gasteiger partial charge in [-0.15, -0.1) is 0 Å². The SMILES string of the molecule is Cc1c(CNC(CN(C)C)C(C)C)cc(C#N)n1C. The first-order valence-electron chi connectivity index (χ1n) is 6.80. The van der Waals surface area contributed by atoms with Crippen LogP contribution in [0.2, 0.25) is 0 Å². The predicted molar refractivity (Wildman–Crippen MR) is 78.9 cm³/mol. The molecule has 1 unspecified atom stereocenters. The molecule has 4 nitrogen and oxygen atoms in total. The molecular weight excluding hydrogens is 236 g/mol. The fourth-order valence-corrected chi connectivity index (χ4v) is 2.19. The van der Waals surface area contributed by atoms with E-state index in [1.165, 1.54) is 5.56 Å². The zero-order valence-electron chi connectivity index (χ0n) is 13.0. The first-order chi connectivity index (χ1) is 8.86. The number of likely N-dealkylation sites (N-methyl/N-ethyl adjacent to an activating group) is 1. The lowest BCUT2D eigenvalue weighted by Crippen LogP contribution is -2.41. The Morgan fingerprint density at radius 1 is 1.42 bits per heavy atom. The Bertz CT molecular complexity index is 451. The third kappa shape index (κ3) is 4.09. The Morgan fingerprint density at radius 2 is 2.05 bits per heavy atom. The van der Waals surface area contributed by atoms with Crippen molar-refractivity contribution in [3.63, 3.8) is 0 Å². The molecule has 19 heavy (non-hydrogen) atoms. The summed E-state index contributed by atoms with van der Waals surface area (Å²) in [6.07, 6.45) is 0. The molecule has 4 heteroatoms. The number of hydrogen-bond acceptors (Lipinski definition) is 3. The summed E-state index contributed by atoms with van der Waals surface area (Å²) in [4.78, 5) is 2.20. The van der Waals surface area contributed by atoms with Gasteiger partial charge >= 0.3 is 0 Å². The van der Waals surface area contributed by atoms with Gasteiger partial charge in [0.05, 0.1) is 0 Å². The first kappa shape index (κ1) is 15.7. The minimum Gasteiger partial charge on any atom is -0.340 e. The van der Waals surface area contributed by atoms with Crippen LogP contribution in [0.25, 0.3) is 0 Å². The molecule has 0 spiro atoms. The van der Waals surface area contributed by atoms with Crippen molar-refractivity contribution in [2.24, 2.45) is 13.0 Å². The molecule has 0 saturated heterocycles. The summed E-state index contributed by atoms with van der Waals surface area (Å²) in [6, 6.07) is 4.67. The van der Waals surface area contributed by atoms with Gasteiger partial charge in [0.2, 0.25) is 0 Å². The van der Waals surface area contributed by atoms with Gasteiger partial charge in [0.1, 0.15) is 11.8 Å². The van der Waals surface area contributed by atoms with Crippen LogP contribution in [0.3, 0.4) is 0 Å². The van der Waals surface area contributed by atoms with Gasteiger partial charge < -0.3 is 14.8 Å². The fourth-order valence-electron chi connectivity index (χ4n) is 2.19. The molecule has 0 bridgehead atoms. The van der Waals surface area contributed by atoms with Gasteiger partial charge in [-0.25, -0.2) is 0 Å². The van der Waals surface area contributed by atoms with E-state index in [1.807, 2.05) is 17.7 Å². The van der Waals surface area contributed by atoms with Crippen molar-refractivity contribution in [1.82, 2.24) is 14.8 Å². The highest BCUT2D eigenvalue weighted by Crippen LogP contribution is 2.14. The summed E-state index contributed by atoms with van der Waals surface area (Å²) >= 11 is 0. The van der Waals surface area contributed by atoms with Crippen LogP contribution in [-0.4, -0.2) is 36.1 Å². The van der Waals surface area contributed by atoms with E-state index in [1.54, 1.807) is 0 Å². The van der Waals surface area contributed by atoms with Crippen LogP contribution in [-0.2, 0) is 13.6 Å². The zero-order chi connectivity index (χ0) is 14.6. The summed E-state index contributed by atoms with van der Waals surface area (Å²) in [6.45, 7) is 8.38. The number of hydrogen-bond donors (Lipinski definition) is 1. The normalized spacial score (nSPS) is 13.0. The number of aromatic nitrogens is 1. The van der Waals surface area contributed by atoms with Gasteiger partial charge in [-0.2, -0.15) is 5.26 Å². The summed E-state index contributed by atoms with van der Waals surface area (Å²) in [5.41, 5.74) is 3.10. The highest BCUT2D eigenvalue weighted by atomic mass is 15.1. The molecule has 1 aromatic heterocycles. The van der Waals surface area contributed by atoms with E-state index in [9.17, 15) is 0 Å². The topological polar surface area (TPSA) is 44.0 Å². The number of nitrogens with zero attached hydrogens (tertiary/aromatic N) is 3. The Morgan fingerprint density at radius 3 is 2.47 bits per heavy atom. The van der Waals surface area contributed by atoms with E-state index in [4.69, 9.17) is 5.26 Å². The second-order valence-electron chi connectivity index (χ2n) is 5.80. The van der Waals surface area contributed by atoms with Gasteiger partial charge in [-0.05, 0) is 38.6 Å². The van der Waals surface area contributed by atoms with E-state index >= 15 is 0 Å². The largest absolute Gasteiger partial charge is 0.340 e. The molecule has 1 heterocycles. The van der Waals surface area contributed by atoms with Crippen LogP contribution in [0.1, 0.15) is 30.8 Å². The summed E-state index contributed by atoms with van der Waals surface area (Å²) < 4.78 is 1.95. The Balaban J connectivity index is 2.72. The van der Waals surface area contributed by atoms with Crippen LogP contribution in [0.4, 0.5) is 0 Å². The monoisotopic (exact) mass is 262 g/mol. The van der Waals surface area contributed by atoms with Gasteiger partial charge in [-0.3, -0.25) is 0 Å². The molecule has 0 aliphatic rings. The molecule has 0 saturated carbocycles. The molecule has 106 valence electrons. The van der Waals surface area contributed by atoms with Crippen LogP contribution < -0.4 is 5.32 Å². The second-order valence-corrected chi connectivity index (χ2v) is 5.80. The maximum Gasteiger partial charge on any atom is 0.120 e. The minimum atomic E-state index is 0.458. The predicted octanol–water partition coefficient (Wildman–Crippen LogP) is 1.88. The molecule has 0 fully saturated rings. The van der Waals surface area contributed by atoms with Crippen molar-refractivity contribution in [3.05, 3.63) is 23.0 Å². The molecule has 1 aromatic rings. The van der Waals surface area contributed by atoms with Gasteiger partial charge in [0.25, 0.3) is 0 Å². The molecular formula is C15H26N4. The molecule has 0 aliphatic heterocycles. The molecule has 1 atom stereocenters. The average Bonchev–Trinajstić information content (AvgIpc) is 2.61. The van der Waals surface area contributed by atoms with Crippen molar-refractivity contribution >= 4 is 0 Å². The van der Waals surface area contributed by atoms with Crippen LogP contribution >= 0.6 is 0 Å². The molecule has 0 aliphatic carbocycles. The Labute approximate surface area is 117 Å². The lowest BCUT2D eigenvalue weighted by Gasteiger charge is -2.25. The summed E-state index contributed by atoms with van der Waals surface area (Å²) in [5, 5.41) is 12.7. The number of rotatable bonds is 6. The maximum atomic E-state index is 9.04. The first-order valence-corrected chi connectivity index (χ1v) is 6.80. The second kappa shape index (κ2) is 6.74. The van der Waals surface area contributed by atoms with Crippen molar-refractivity contribution < 1.29 is 0 Å². The number of nitrogens with one attached hydrogen (secondary N) is 1. The lowest BCUT2D eigenvalue weighted by atomic mass is 10.0. The van der Waals surface area contributed by atoms with E-state index in [0.29, 0.717) is 12.0 Å². The molecule has 1 rings (SSSR count). The van der Waals surface area contributed by atoms with E-state index in [2.05, 4.69) is 51.2 Å². The fraction of sp³-hybridized carbons (Fsp3) is 0.667. The third-order valence-corrected chi connectivity index (χ3v) is 3.68. The van der Waals surface area contributed by atoms with Crippen LogP contribution in [0.15, 0.2) is 6.07 Å². The lowest BCUT2D eigenvalue weighted by molar-refractivity contribution is 0.288. The van der Waals surface area contributed by atoms with Gasteiger partial charge in [-0.1, -0.05) is 13.8 Å². The Hall–Kier alpha value is -1.31. The van der Waals surface area contributed by atoms with Crippen LogP contribution in [0.5, 0.6) is 0 Å². The van der Waals surface area contributed by atoms with Gasteiger partial charge in [0, 0.05) is 31.9 Å². The highest BCUT2D eigenvalue weighted by Gasteiger charge is 2.15.